The molecule has 0 aliphatic carbocycles. The van der Waals surface area contributed by atoms with Crippen LogP contribution in [0.5, 0.6) is 11.5 Å². The van der Waals surface area contributed by atoms with Crippen LogP contribution in [0.25, 0.3) is 0 Å². The van der Waals surface area contributed by atoms with E-state index < -0.39 is 0 Å². The molecule has 6 heteroatoms. The summed E-state index contributed by atoms with van der Waals surface area (Å²) in [6.45, 7) is 6.44. The van der Waals surface area contributed by atoms with Crippen LogP contribution in [0.1, 0.15) is 53.1 Å². The Hall–Kier alpha value is -3.64. The van der Waals surface area contributed by atoms with E-state index >= 15 is 0 Å². The monoisotopic (exact) mass is 525 g/mol. The molecule has 6 nitrogen and oxygen atoms in total. The molecule has 1 saturated heterocycles. The molecule has 1 fully saturated rings. The first kappa shape index (κ1) is 26.9. The molecule has 3 aromatic carbocycles. The highest BCUT2D eigenvalue weighted by Gasteiger charge is 2.36. The summed E-state index contributed by atoms with van der Waals surface area (Å²) in [5.74, 6) is 2.12. The van der Waals surface area contributed by atoms with Crippen LogP contribution in [0.2, 0.25) is 0 Å². The topological polar surface area (TPSA) is 54.4 Å². The predicted molar refractivity (Wildman–Crippen MR) is 156 cm³/mol. The normalized spacial score (nSPS) is 18.2. The number of hydrogen-bond donors (Lipinski definition) is 0. The van der Waals surface area contributed by atoms with Crippen molar-refractivity contribution in [1.29, 1.82) is 0 Å². The smallest absolute Gasteiger partial charge is 0.257 e. The molecule has 3 aromatic rings. The highest BCUT2D eigenvalue weighted by Crippen LogP contribution is 2.39. The third-order valence-corrected chi connectivity index (χ3v) is 8.09. The molecule has 2 aliphatic rings. The number of hydrogen-bond acceptors (Lipinski definition) is 5. The number of likely N-dealkylation sites (tertiary alicyclic amines) is 1. The fraction of sp³-hybridized carbons (Fsp3) is 0.394. The Labute approximate surface area is 232 Å². The van der Waals surface area contributed by atoms with Crippen molar-refractivity contribution >= 4 is 11.6 Å². The molecule has 39 heavy (non-hydrogen) atoms. The van der Waals surface area contributed by atoms with Gasteiger partial charge in [-0.1, -0.05) is 54.1 Å². The second kappa shape index (κ2) is 12.0. The third-order valence-electron chi connectivity index (χ3n) is 8.09. The second-order valence-corrected chi connectivity index (χ2v) is 10.8. The lowest BCUT2D eigenvalue weighted by Crippen LogP contribution is -2.42. The summed E-state index contributed by atoms with van der Waals surface area (Å²) in [5.41, 5.74) is 6.75. The van der Waals surface area contributed by atoms with Crippen LogP contribution in [0.3, 0.4) is 0 Å². The van der Waals surface area contributed by atoms with Gasteiger partial charge in [-0.25, -0.2) is 5.01 Å². The summed E-state index contributed by atoms with van der Waals surface area (Å²) in [6, 6.07) is 22.7. The van der Waals surface area contributed by atoms with E-state index in [0.717, 1.165) is 54.9 Å². The first-order valence-electron chi connectivity index (χ1n) is 13.9. The average Bonchev–Trinajstić information content (AvgIpc) is 3.39. The lowest BCUT2D eigenvalue weighted by atomic mass is 9.90. The zero-order valence-electron chi connectivity index (χ0n) is 23.5. The van der Waals surface area contributed by atoms with E-state index in [1.54, 1.807) is 19.2 Å². The Morgan fingerprint density at radius 3 is 2.41 bits per heavy atom. The van der Waals surface area contributed by atoms with Crippen LogP contribution in [0.15, 0.2) is 71.8 Å². The first-order valence-corrected chi connectivity index (χ1v) is 13.9. The van der Waals surface area contributed by atoms with Gasteiger partial charge in [-0.2, -0.15) is 5.10 Å². The van der Waals surface area contributed by atoms with Gasteiger partial charge in [0.15, 0.2) is 0 Å². The maximum Gasteiger partial charge on any atom is 0.257 e. The van der Waals surface area contributed by atoms with Gasteiger partial charge < -0.3 is 9.47 Å². The van der Waals surface area contributed by atoms with Gasteiger partial charge in [-0.05, 0) is 75.4 Å². The zero-order valence-corrected chi connectivity index (χ0v) is 23.5. The largest absolute Gasteiger partial charge is 0.497 e. The lowest BCUT2D eigenvalue weighted by molar-refractivity contribution is -0.134. The lowest BCUT2D eigenvalue weighted by Gasteiger charge is -2.33. The van der Waals surface area contributed by atoms with Crippen LogP contribution in [-0.4, -0.2) is 55.4 Å². The summed E-state index contributed by atoms with van der Waals surface area (Å²) < 4.78 is 11.2. The van der Waals surface area contributed by atoms with Gasteiger partial charge in [0.2, 0.25) is 0 Å². The van der Waals surface area contributed by atoms with E-state index in [9.17, 15) is 4.79 Å². The van der Waals surface area contributed by atoms with Crippen molar-refractivity contribution in [3.05, 3.63) is 94.5 Å². The number of aryl methyl sites for hydroxylation is 2. The van der Waals surface area contributed by atoms with Crippen molar-refractivity contribution in [2.75, 3.05) is 33.9 Å². The number of nitrogens with zero attached hydrogens (tertiary/aromatic N) is 3. The number of hydrazone groups is 1. The van der Waals surface area contributed by atoms with Crippen molar-refractivity contribution in [3.63, 3.8) is 0 Å². The Morgan fingerprint density at radius 1 is 0.949 bits per heavy atom. The van der Waals surface area contributed by atoms with E-state index in [2.05, 4.69) is 67.3 Å². The minimum atomic E-state index is -0.232. The Bertz CT molecular complexity index is 1330. The van der Waals surface area contributed by atoms with E-state index in [-0.39, 0.29) is 11.9 Å². The van der Waals surface area contributed by atoms with Crippen molar-refractivity contribution < 1.29 is 14.3 Å². The standard InChI is InChI=1S/C33H39N3O3/c1-23-10-12-28(24(2)18-23)30-21-31(29-13-11-27(38-3)20-32(29)39-4)36(34-30)33(37)22-35-16-14-26(15-17-35)19-25-8-6-5-7-9-25/h5-13,18,20,26,31H,14-17,19,21-22H2,1-4H3. The molecule has 1 atom stereocenters. The maximum atomic E-state index is 13.8. The highest BCUT2D eigenvalue weighted by atomic mass is 16.5. The number of piperidine rings is 1. The third kappa shape index (κ3) is 6.17. The average molecular weight is 526 g/mol. The van der Waals surface area contributed by atoms with Gasteiger partial charge >= 0.3 is 0 Å². The van der Waals surface area contributed by atoms with Crippen LogP contribution in [0.4, 0.5) is 0 Å². The van der Waals surface area contributed by atoms with Crippen molar-refractivity contribution in [2.45, 2.75) is 45.6 Å². The van der Waals surface area contributed by atoms with E-state index in [1.165, 1.54) is 16.7 Å². The number of methoxy groups -OCH3 is 2. The summed E-state index contributed by atoms with van der Waals surface area (Å²) in [5, 5.41) is 6.65. The summed E-state index contributed by atoms with van der Waals surface area (Å²) in [6.07, 6.45) is 3.96. The number of carbonyl (C=O) groups is 1. The van der Waals surface area contributed by atoms with E-state index in [4.69, 9.17) is 14.6 Å². The number of benzene rings is 3. The number of ether oxygens (including phenoxy) is 2. The fourth-order valence-electron chi connectivity index (χ4n) is 5.94. The molecule has 0 bridgehead atoms. The van der Waals surface area contributed by atoms with Crippen molar-refractivity contribution in [1.82, 2.24) is 9.91 Å². The molecule has 0 aromatic heterocycles. The Balaban J connectivity index is 1.34. The van der Waals surface area contributed by atoms with E-state index in [1.807, 2.05) is 18.2 Å². The highest BCUT2D eigenvalue weighted by molar-refractivity contribution is 6.04. The van der Waals surface area contributed by atoms with Gasteiger partial charge in [0, 0.05) is 23.6 Å². The zero-order chi connectivity index (χ0) is 27.4. The minimum Gasteiger partial charge on any atom is -0.497 e. The van der Waals surface area contributed by atoms with Gasteiger partial charge in [0.05, 0.1) is 32.5 Å². The van der Waals surface area contributed by atoms with Crippen molar-refractivity contribution in [3.8, 4) is 11.5 Å². The quantitative estimate of drug-likeness (QED) is 0.365. The first-order chi connectivity index (χ1) is 18.9. The number of amides is 1. The molecule has 0 spiro atoms. The molecule has 0 N–H and O–H groups in total. The Kier molecular flexibility index (Phi) is 8.32. The number of carbonyl (C=O) groups excluding carboxylic acids is 1. The molecule has 1 amide bonds. The molecule has 5 rings (SSSR count). The summed E-state index contributed by atoms with van der Waals surface area (Å²) >= 11 is 0. The molecule has 2 aliphatic heterocycles. The SMILES string of the molecule is COc1ccc(C2CC(c3ccc(C)cc3C)=NN2C(=O)CN2CCC(Cc3ccccc3)CC2)c(OC)c1. The van der Waals surface area contributed by atoms with E-state index in [0.29, 0.717) is 24.6 Å². The fourth-order valence-corrected chi connectivity index (χ4v) is 5.94. The van der Waals surface area contributed by atoms with Crippen LogP contribution >= 0.6 is 0 Å². The Morgan fingerprint density at radius 2 is 1.72 bits per heavy atom. The molecule has 1 unspecified atom stereocenters. The summed E-state index contributed by atoms with van der Waals surface area (Å²) in [7, 11) is 3.30. The molecule has 0 saturated carbocycles. The van der Waals surface area contributed by atoms with Gasteiger partial charge in [0.1, 0.15) is 11.5 Å². The summed E-state index contributed by atoms with van der Waals surface area (Å²) in [4.78, 5) is 16.1. The second-order valence-electron chi connectivity index (χ2n) is 10.8. The van der Waals surface area contributed by atoms with Gasteiger partial charge in [0.25, 0.3) is 5.91 Å². The maximum absolute atomic E-state index is 13.8. The molecule has 0 radical (unpaired) electrons. The van der Waals surface area contributed by atoms with Crippen LogP contribution in [0, 0.1) is 19.8 Å². The van der Waals surface area contributed by atoms with Crippen LogP contribution in [-0.2, 0) is 11.2 Å². The van der Waals surface area contributed by atoms with Gasteiger partial charge in [-0.3, -0.25) is 9.69 Å². The predicted octanol–water partition coefficient (Wildman–Crippen LogP) is 5.95. The molecular weight excluding hydrogens is 486 g/mol. The minimum absolute atomic E-state index is 0.0270. The molecule has 2 heterocycles. The number of rotatable bonds is 8. The van der Waals surface area contributed by atoms with Gasteiger partial charge in [-0.15, -0.1) is 0 Å². The van der Waals surface area contributed by atoms with Crippen LogP contribution < -0.4 is 9.47 Å². The molecular formula is C33H39N3O3. The van der Waals surface area contributed by atoms with Crippen molar-refractivity contribution in [2.24, 2.45) is 11.0 Å². The molecule has 204 valence electrons.